The van der Waals surface area contributed by atoms with E-state index in [0.29, 0.717) is 18.9 Å². The molecule has 0 bridgehead atoms. The second kappa shape index (κ2) is 10.3. The minimum atomic E-state index is -0.107. The van der Waals surface area contributed by atoms with E-state index in [1.807, 2.05) is 30.3 Å². The number of ether oxygens (including phenoxy) is 1. The molecule has 32 heavy (non-hydrogen) atoms. The van der Waals surface area contributed by atoms with Gasteiger partial charge in [-0.3, -0.25) is 14.5 Å². The third-order valence-corrected chi connectivity index (χ3v) is 5.80. The maximum absolute atomic E-state index is 12.9. The Balaban J connectivity index is 1.34. The molecule has 8 heteroatoms. The number of aromatic nitrogens is 4. The van der Waals surface area contributed by atoms with Crippen LogP contribution in [0.15, 0.2) is 66.2 Å². The van der Waals surface area contributed by atoms with Crippen LogP contribution in [0.1, 0.15) is 6.42 Å². The first-order valence-corrected chi connectivity index (χ1v) is 11.0. The summed E-state index contributed by atoms with van der Waals surface area (Å²) in [6.07, 6.45) is 6.03. The number of benzene rings is 1. The van der Waals surface area contributed by atoms with Gasteiger partial charge in [-0.1, -0.05) is 18.2 Å². The Morgan fingerprint density at radius 3 is 2.62 bits per heavy atom. The van der Waals surface area contributed by atoms with Gasteiger partial charge < -0.3 is 9.64 Å². The normalized spacial score (nSPS) is 14.5. The first-order valence-electron chi connectivity index (χ1n) is 11.0. The average molecular weight is 435 g/mol. The lowest BCUT2D eigenvalue weighted by Crippen LogP contribution is -2.47. The fourth-order valence-electron chi connectivity index (χ4n) is 4.14. The number of nitrogens with zero attached hydrogens (tertiary/aromatic N) is 6. The number of piperazine rings is 1. The molecule has 0 aliphatic carbocycles. The molecule has 1 aromatic carbocycles. The van der Waals surface area contributed by atoms with Crippen LogP contribution in [0.25, 0.3) is 11.4 Å². The van der Waals surface area contributed by atoms with Crippen molar-refractivity contribution in [2.45, 2.75) is 19.5 Å². The second-order valence-corrected chi connectivity index (χ2v) is 7.82. The zero-order chi connectivity index (χ0) is 22.3. The smallest absolute Gasteiger partial charge is 0.346 e. The molecule has 0 spiro atoms. The standard InChI is InChI=1S/C24H30N6O2/c1-3-12-29-23(20-8-6-11-25-19-20)26-30(24(29)31)14-7-13-27-15-17-28(18-16-27)21-9-4-5-10-22(21)32-2/h3-6,8-11,19H,1,7,12-18H2,2H3. The molecule has 0 saturated carbocycles. The number of pyridine rings is 1. The Kier molecular flexibility index (Phi) is 7.01. The van der Waals surface area contributed by atoms with E-state index in [1.54, 1.807) is 34.8 Å². The Labute approximate surface area is 188 Å². The van der Waals surface area contributed by atoms with E-state index < -0.39 is 0 Å². The van der Waals surface area contributed by atoms with E-state index in [0.717, 1.165) is 56.1 Å². The second-order valence-electron chi connectivity index (χ2n) is 7.82. The van der Waals surface area contributed by atoms with Gasteiger partial charge in [-0.2, -0.15) is 0 Å². The maximum Gasteiger partial charge on any atom is 0.346 e. The number of para-hydroxylation sites is 2. The number of allylic oxidation sites excluding steroid dienone is 1. The van der Waals surface area contributed by atoms with Gasteiger partial charge >= 0.3 is 5.69 Å². The molecule has 1 aliphatic rings. The van der Waals surface area contributed by atoms with Crippen molar-refractivity contribution in [3.63, 3.8) is 0 Å². The van der Waals surface area contributed by atoms with Gasteiger partial charge in [0.2, 0.25) is 0 Å². The van der Waals surface area contributed by atoms with Gasteiger partial charge in [0, 0.05) is 63.8 Å². The number of hydrogen-bond donors (Lipinski definition) is 0. The molecule has 1 saturated heterocycles. The predicted molar refractivity (Wildman–Crippen MR) is 126 cm³/mol. The summed E-state index contributed by atoms with van der Waals surface area (Å²) in [7, 11) is 1.72. The van der Waals surface area contributed by atoms with Crippen molar-refractivity contribution >= 4 is 5.69 Å². The molecule has 0 unspecified atom stereocenters. The zero-order valence-corrected chi connectivity index (χ0v) is 18.6. The van der Waals surface area contributed by atoms with Crippen LogP contribution >= 0.6 is 0 Å². The summed E-state index contributed by atoms with van der Waals surface area (Å²) in [4.78, 5) is 21.8. The van der Waals surface area contributed by atoms with Gasteiger partial charge in [-0.25, -0.2) is 9.48 Å². The summed E-state index contributed by atoms with van der Waals surface area (Å²) in [5.41, 5.74) is 1.87. The monoisotopic (exact) mass is 434 g/mol. The fraction of sp³-hybridized carbons (Fsp3) is 0.375. The summed E-state index contributed by atoms with van der Waals surface area (Å²) in [5.74, 6) is 1.55. The van der Waals surface area contributed by atoms with Crippen molar-refractivity contribution in [3.8, 4) is 17.1 Å². The molecule has 0 amide bonds. The molecule has 1 aliphatic heterocycles. The topological polar surface area (TPSA) is 68.4 Å². The summed E-state index contributed by atoms with van der Waals surface area (Å²) < 4.78 is 8.72. The Bertz CT molecular complexity index is 1080. The average Bonchev–Trinajstić information content (AvgIpc) is 3.15. The van der Waals surface area contributed by atoms with Crippen molar-refractivity contribution in [3.05, 3.63) is 71.9 Å². The van der Waals surface area contributed by atoms with E-state index >= 15 is 0 Å². The highest BCUT2D eigenvalue weighted by atomic mass is 16.5. The Hall–Kier alpha value is -3.39. The van der Waals surface area contributed by atoms with Crippen LogP contribution in [0.5, 0.6) is 5.75 Å². The highest BCUT2D eigenvalue weighted by Crippen LogP contribution is 2.28. The van der Waals surface area contributed by atoms with Crippen LogP contribution in [-0.4, -0.2) is 64.1 Å². The molecule has 168 valence electrons. The SMILES string of the molecule is C=CCn1c(-c2cccnc2)nn(CCCN2CCN(c3ccccc3OC)CC2)c1=O. The molecule has 3 aromatic rings. The van der Waals surface area contributed by atoms with Crippen LogP contribution in [0.4, 0.5) is 5.69 Å². The predicted octanol–water partition coefficient (Wildman–Crippen LogP) is 2.51. The van der Waals surface area contributed by atoms with Crippen LogP contribution in [0.3, 0.4) is 0 Å². The molecule has 4 rings (SSSR count). The van der Waals surface area contributed by atoms with Gasteiger partial charge in [0.25, 0.3) is 0 Å². The first kappa shape index (κ1) is 21.8. The number of anilines is 1. The number of methoxy groups -OCH3 is 1. The molecule has 0 N–H and O–H groups in total. The summed E-state index contributed by atoms with van der Waals surface area (Å²) >= 11 is 0. The lowest BCUT2D eigenvalue weighted by Gasteiger charge is -2.36. The van der Waals surface area contributed by atoms with Crippen LogP contribution in [-0.2, 0) is 13.1 Å². The van der Waals surface area contributed by atoms with Crippen LogP contribution in [0, 0.1) is 0 Å². The van der Waals surface area contributed by atoms with E-state index in [1.165, 1.54) is 0 Å². The molecule has 3 heterocycles. The van der Waals surface area contributed by atoms with Crippen LogP contribution < -0.4 is 15.3 Å². The van der Waals surface area contributed by atoms with Crippen molar-refractivity contribution < 1.29 is 4.74 Å². The number of hydrogen-bond acceptors (Lipinski definition) is 6. The first-order chi connectivity index (χ1) is 15.7. The molecule has 8 nitrogen and oxygen atoms in total. The minimum Gasteiger partial charge on any atom is -0.495 e. The van der Waals surface area contributed by atoms with Gasteiger partial charge in [0.05, 0.1) is 12.8 Å². The summed E-state index contributed by atoms with van der Waals surface area (Å²) in [6, 6.07) is 11.9. The summed E-state index contributed by atoms with van der Waals surface area (Å²) in [5, 5.41) is 4.59. The van der Waals surface area contributed by atoms with Crippen molar-refractivity contribution in [2.24, 2.45) is 0 Å². The minimum absolute atomic E-state index is 0.107. The lowest BCUT2D eigenvalue weighted by atomic mass is 10.2. The van der Waals surface area contributed by atoms with E-state index in [9.17, 15) is 4.79 Å². The van der Waals surface area contributed by atoms with Crippen molar-refractivity contribution in [1.29, 1.82) is 0 Å². The quantitative estimate of drug-likeness (QED) is 0.482. The lowest BCUT2D eigenvalue weighted by molar-refractivity contribution is 0.248. The van der Waals surface area contributed by atoms with Crippen molar-refractivity contribution in [1.82, 2.24) is 24.2 Å². The Morgan fingerprint density at radius 2 is 1.91 bits per heavy atom. The molecular formula is C24H30N6O2. The zero-order valence-electron chi connectivity index (χ0n) is 18.6. The number of aryl methyl sites for hydroxylation is 1. The Morgan fingerprint density at radius 1 is 1.09 bits per heavy atom. The van der Waals surface area contributed by atoms with Crippen molar-refractivity contribution in [2.75, 3.05) is 44.7 Å². The maximum atomic E-state index is 12.9. The largest absolute Gasteiger partial charge is 0.495 e. The third-order valence-electron chi connectivity index (χ3n) is 5.80. The fourth-order valence-corrected chi connectivity index (χ4v) is 4.14. The van der Waals surface area contributed by atoms with E-state index in [-0.39, 0.29) is 5.69 Å². The number of rotatable bonds is 9. The highest BCUT2D eigenvalue weighted by Gasteiger charge is 2.20. The molecule has 0 radical (unpaired) electrons. The van der Waals surface area contributed by atoms with E-state index in [4.69, 9.17) is 4.74 Å². The van der Waals surface area contributed by atoms with Gasteiger partial charge in [-0.15, -0.1) is 11.7 Å². The molecule has 2 aromatic heterocycles. The molecular weight excluding hydrogens is 404 g/mol. The summed E-state index contributed by atoms with van der Waals surface area (Å²) in [6.45, 7) is 9.60. The van der Waals surface area contributed by atoms with Gasteiger partial charge in [-0.05, 0) is 30.7 Å². The van der Waals surface area contributed by atoms with Gasteiger partial charge in [0.15, 0.2) is 5.82 Å². The van der Waals surface area contributed by atoms with Crippen LogP contribution in [0.2, 0.25) is 0 Å². The third kappa shape index (κ3) is 4.75. The van der Waals surface area contributed by atoms with Gasteiger partial charge in [0.1, 0.15) is 5.75 Å². The van der Waals surface area contributed by atoms with E-state index in [2.05, 4.69) is 32.5 Å². The highest BCUT2D eigenvalue weighted by molar-refractivity contribution is 5.58. The molecule has 1 fully saturated rings. The molecule has 0 atom stereocenters.